The van der Waals surface area contributed by atoms with Gasteiger partial charge in [0.25, 0.3) is 0 Å². The number of carbonyl (C=O) groups is 1. The molecule has 3 rings (SSSR count). The fourth-order valence-electron chi connectivity index (χ4n) is 1.73. The van der Waals surface area contributed by atoms with Crippen LogP contribution in [0.25, 0.3) is 16.8 Å². The van der Waals surface area contributed by atoms with Gasteiger partial charge in [-0.1, -0.05) is 12.1 Å². The van der Waals surface area contributed by atoms with E-state index < -0.39 is 5.97 Å². The molecular weight excluding hydrogens is 194 g/mol. The lowest BCUT2D eigenvalue weighted by Gasteiger charge is -1.93. The number of H-pyrrole nitrogens is 1. The van der Waals surface area contributed by atoms with Crippen LogP contribution in [0.1, 0.15) is 10.5 Å². The summed E-state index contributed by atoms with van der Waals surface area (Å²) in [6.45, 7) is 0. The summed E-state index contributed by atoms with van der Waals surface area (Å²) >= 11 is 0. The Labute approximate surface area is 84.0 Å². The summed E-state index contributed by atoms with van der Waals surface area (Å²) in [6, 6.07) is 7.49. The molecule has 0 fully saturated rings. The van der Waals surface area contributed by atoms with Gasteiger partial charge in [-0.2, -0.15) is 0 Å². The highest BCUT2D eigenvalue weighted by molar-refractivity contribution is 5.90. The quantitative estimate of drug-likeness (QED) is 0.627. The zero-order valence-corrected chi connectivity index (χ0v) is 7.64. The van der Waals surface area contributed by atoms with Gasteiger partial charge in [0.2, 0.25) is 5.78 Å². The van der Waals surface area contributed by atoms with Gasteiger partial charge in [-0.3, -0.25) is 4.40 Å². The van der Waals surface area contributed by atoms with Gasteiger partial charge in [-0.15, -0.1) is 0 Å². The lowest BCUT2D eigenvalue weighted by Crippen LogP contribution is -2.00. The highest BCUT2D eigenvalue weighted by Crippen LogP contribution is 2.17. The van der Waals surface area contributed by atoms with E-state index in [4.69, 9.17) is 5.11 Å². The third-order valence-electron chi connectivity index (χ3n) is 2.37. The highest BCUT2D eigenvalue weighted by Gasteiger charge is 2.13. The maximum atomic E-state index is 10.9. The SMILES string of the molecule is O=C(O)c1cnc2[nH]c3ccccc3n12. The van der Waals surface area contributed by atoms with E-state index in [9.17, 15) is 4.79 Å². The van der Waals surface area contributed by atoms with E-state index in [1.165, 1.54) is 6.20 Å². The molecule has 0 radical (unpaired) electrons. The highest BCUT2D eigenvalue weighted by atomic mass is 16.4. The van der Waals surface area contributed by atoms with Gasteiger partial charge >= 0.3 is 5.97 Å². The van der Waals surface area contributed by atoms with Crippen LogP contribution < -0.4 is 0 Å². The number of benzene rings is 1. The van der Waals surface area contributed by atoms with Crippen LogP contribution in [-0.4, -0.2) is 25.4 Å². The number of nitrogens with zero attached hydrogens (tertiary/aromatic N) is 2. The van der Waals surface area contributed by atoms with Crippen LogP contribution in [-0.2, 0) is 0 Å². The zero-order chi connectivity index (χ0) is 10.4. The molecular formula is C10H7N3O2. The Bertz CT molecular complexity index is 665. The Morgan fingerprint density at radius 1 is 1.40 bits per heavy atom. The number of nitrogens with one attached hydrogen (secondary N) is 1. The summed E-state index contributed by atoms with van der Waals surface area (Å²) in [5.74, 6) is -0.430. The van der Waals surface area contributed by atoms with E-state index >= 15 is 0 Å². The second kappa shape index (κ2) is 2.60. The molecule has 0 aliphatic carbocycles. The predicted octanol–water partition coefficient (Wildman–Crippen LogP) is 1.51. The lowest BCUT2D eigenvalue weighted by atomic mass is 10.3. The summed E-state index contributed by atoms with van der Waals surface area (Å²) in [7, 11) is 0. The van der Waals surface area contributed by atoms with Crippen molar-refractivity contribution in [1.29, 1.82) is 0 Å². The van der Waals surface area contributed by atoms with Crippen LogP contribution in [0.15, 0.2) is 30.5 Å². The first-order chi connectivity index (χ1) is 7.27. The van der Waals surface area contributed by atoms with Crippen molar-refractivity contribution in [3.8, 4) is 0 Å². The van der Waals surface area contributed by atoms with Crippen molar-refractivity contribution in [2.24, 2.45) is 0 Å². The molecule has 0 amide bonds. The number of aromatic amines is 1. The molecule has 0 atom stereocenters. The summed E-state index contributed by atoms with van der Waals surface area (Å²) in [4.78, 5) is 18.0. The van der Waals surface area contributed by atoms with Gasteiger partial charge in [0.15, 0.2) is 5.69 Å². The molecule has 0 saturated heterocycles. The lowest BCUT2D eigenvalue weighted by molar-refractivity contribution is 0.0690. The summed E-state index contributed by atoms with van der Waals surface area (Å²) < 4.78 is 1.59. The molecule has 0 bridgehead atoms. The molecule has 2 heterocycles. The van der Waals surface area contributed by atoms with Crippen molar-refractivity contribution in [1.82, 2.24) is 14.4 Å². The number of fused-ring (bicyclic) bond motifs is 3. The Morgan fingerprint density at radius 2 is 2.20 bits per heavy atom. The van der Waals surface area contributed by atoms with Crippen molar-refractivity contribution in [3.63, 3.8) is 0 Å². The fraction of sp³-hybridized carbons (Fsp3) is 0. The first kappa shape index (κ1) is 8.05. The average molecular weight is 201 g/mol. The van der Waals surface area contributed by atoms with E-state index in [2.05, 4.69) is 9.97 Å². The van der Waals surface area contributed by atoms with E-state index in [-0.39, 0.29) is 5.69 Å². The normalized spacial score (nSPS) is 11.2. The minimum atomic E-state index is -0.979. The van der Waals surface area contributed by atoms with Gasteiger partial charge in [-0.05, 0) is 12.1 Å². The molecule has 0 aliphatic heterocycles. The number of aromatic carboxylic acids is 1. The number of rotatable bonds is 1. The van der Waals surface area contributed by atoms with Gasteiger partial charge < -0.3 is 10.1 Å². The molecule has 0 spiro atoms. The topological polar surface area (TPSA) is 70.4 Å². The largest absolute Gasteiger partial charge is 0.477 e. The van der Waals surface area contributed by atoms with Crippen molar-refractivity contribution >= 4 is 22.8 Å². The molecule has 2 aromatic heterocycles. The molecule has 2 N–H and O–H groups in total. The van der Waals surface area contributed by atoms with E-state index in [1.54, 1.807) is 4.40 Å². The van der Waals surface area contributed by atoms with E-state index in [0.717, 1.165) is 11.0 Å². The standard InChI is InChI=1S/C10H7N3O2/c14-9(15)8-5-11-10-12-6-3-1-2-4-7(6)13(8)10/h1-5H,(H,11,12)(H,14,15). The first-order valence-electron chi connectivity index (χ1n) is 4.45. The second-order valence-electron chi connectivity index (χ2n) is 3.25. The van der Waals surface area contributed by atoms with Gasteiger partial charge in [0.05, 0.1) is 17.2 Å². The number of hydrogen-bond donors (Lipinski definition) is 2. The van der Waals surface area contributed by atoms with Gasteiger partial charge in [0, 0.05) is 0 Å². The molecule has 0 unspecified atom stereocenters. The average Bonchev–Trinajstić information content (AvgIpc) is 2.74. The number of imidazole rings is 2. The molecule has 3 aromatic rings. The number of carboxylic acid groups (broad SMARTS) is 1. The van der Waals surface area contributed by atoms with Gasteiger partial charge in [-0.25, -0.2) is 9.78 Å². The molecule has 0 aliphatic rings. The predicted molar refractivity (Wildman–Crippen MR) is 54.0 cm³/mol. The second-order valence-corrected chi connectivity index (χ2v) is 3.25. The summed E-state index contributed by atoms with van der Waals surface area (Å²) in [6.07, 6.45) is 1.35. The maximum absolute atomic E-state index is 10.9. The molecule has 15 heavy (non-hydrogen) atoms. The number of aromatic nitrogens is 3. The summed E-state index contributed by atoms with van der Waals surface area (Å²) in [5.41, 5.74) is 1.87. The Balaban J connectivity index is 2.54. The van der Waals surface area contributed by atoms with Crippen molar-refractivity contribution in [3.05, 3.63) is 36.2 Å². The first-order valence-corrected chi connectivity index (χ1v) is 4.45. The fourth-order valence-corrected chi connectivity index (χ4v) is 1.73. The Morgan fingerprint density at radius 3 is 3.00 bits per heavy atom. The third kappa shape index (κ3) is 0.969. The van der Waals surface area contributed by atoms with Crippen LogP contribution in [0, 0.1) is 0 Å². The molecule has 5 nitrogen and oxygen atoms in total. The van der Waals surface area contributed by atoms with Crippen LogP contribution in [0.2, 0.25) is 0 Å². The van der Waals surface area contributed by atoms with E-state index in [0.29, 0.717) is 5.78 Å². The van der Waals surface area contributed by atoms with Crippen LogP contribution in [0.4, 0.5) is 0 Å². The van der Waals surface area contributed by atoms with Crippen LogP contribution in [0.5, 0.6) is 0 Å². The maximum Gasteiger partial charge on any atom is 0.354 e. The molecule has 5 heteroatoms. The van der Waals surface area contributed by atoms with Gasteiger partial charge in [0.1, 0.15) is 0 Å². The number of carboxylic acids is 1. The van der Waals surface area contributed by atoms with Crippen molar-refractivity contribution in [2.75, 3.05) is 0 Å². The van der Waals surface area contributed by atoms with Crippen LogP contribution >= 0.6 is 0 Å². The zero-order valence-electron chi connectivity index (χ0n) is 7.64. The van der Waals surface area contributed by atoms with Crippen molar-refractivity contribution < 1.29 is 9.90 Å². The Kier molecular flexibility index (Phi) is 1.39. The Hall–Kier alpha value is -2.30. The smallest absolute Gasteiger partial charge is 0.354 e. The molecule has 74 valence electrons. The monoisotopic (exact) mass is 201 g/mol. The number of para-hydroxylation sites is 2. The minimum Gasteiger partial charge on any atom is -0.477 e. The van der Waals surface area contributed by atoms with Crippen LogP contribution in [0.3, 0.4) is 0 Å². The van der Waals surface area contributed by atoms with E-state index in [1.807, 2.05) is 24.3 Å². The third-order valence-corrected chi connectivity index (χ3v) is 2.37. The van der Waals surface area contributed by atoms with Crippen molar-refractivity contribution in [2.45, 2.75) is 0 Å². The summed E-state index contributed by atoms with van der Waals surface area (Å²) in [5, 5.41) is 8.97. The molecule has 0 saturated carbocycles. The molecule has 1 aromatic carbocycles. The number of hydrogen-bond acceptors (Lipinski definition) is 2. The minimum absolute atomic E-state index is 0.169.